The maximum absolute atomic E-state index is 13.3. The molecule has 1 heterocycles. The highest BCUT2D eigenvalue weighted by Gasteiger charge is 2.11. The van der Waals surface area contributed by atoms with E-state index in [1.807, 2.05) is 0 Å². The number of nitrogens with one attached hydrogen (secondary N) is 1. The van der Waals surface area contributed by atoms with E-state index in [1.54, 1.807) is 19.1 Å². The van der Waals surface area contributed by atoms with E-state index < -0.39 is 29.0 Å². The molecule has 1 amide bonds. The Bertz CT molecular complexity index is 677. The molecule has 1 aromatic heterocycles. The molecule has 0 aliphatic heterocycles. The van der Waals surface area contributed by atoms with Gasteiger partial charge in [-0.05, 0) is 25.1 Å². The average molecular weight is 281 g/mol. The zero-order valence-corrected chi connectivity index (χ0v) is 10.4. The number of carbonyl (C=O) groups is 1. The summed E-state index contributed by atoms with van der Waals surface area (Å²) in [7, 11) is 0. The Balaban J connectivity index is 2.08. The molecule has 0 spiro atoms. The second-order valence-electron chi connectivity index (χ2n) is 4.02. The molecule has 1 aromatic carbocycles. The summed E-state index contributed by atoms with van der Waals surface area (Å²) in [5, 5.41) is 2.11. The Morgan fingerprint density at radius 1 is 1.15 bits per heavy atom. The van der Waals surface area contributed by atoms with Crippen molar-refractivity contribution in [2.24, 2.45) is 0 Å². The van der Waals surface area contributed by atoms with Crippen molar-refractivity contribution in [2.45, 2.75) is 6.92 Å². The molecule has 6 heteroatoms. The normalized spacial score (nSPS) is 11.0. The smallest absolute Gasteiger partial charge is 0.248 e. The van der Waals surface area contributed by atoms with Gasteiger partial charge in [0.25, 0.3) is 0 Å². The number of hydrogen-bond acceptors (Lipinski definition) is 2. The monoisotopic (exact) mass is 281 g/mol. The van der Waals surface area contributed by atoms with Gasteiger partial charge < -0.3 is 9.73 Å². The lowest BCUT2D eigenvalue weighted by atomic mass is 10.2. The molecular weight excluding hydrogens is 271 g/mol. The molecule has 2 aromatic rings. The van der Waals surface area contributed by atoms with Gasteiger partial charge in [0.1, 0.15) is 17.3 Å². The summed E-state index contributed by atoms with van der Waals surface area (Å²) in [5.41, 5.74) is -0.436. The van der Waals surface area contributed by atoms with Crippen LogP contribution in [0.15, 0.2) is 34.8 Å². The van der Waals surface area contributed by atoms with E-state index in [4.69, 9.17) is 4.42 Å². The van der Waals surface area contributed by atoms with Gasteiger partial charge >= 0.3 is 0 Å². The van der Waals surface area contributed by atoms with Gasteiger partial charge in [0.05, 0.1) is 5.69 Å². The number of halogens is 3. The van der Waals surface area contributed by atoms with Crippen molar-refractivity contribution >= 4 is 17.7 Å². The molecule has 0 radical (unpaired) electrons. The van der Waals surface area contributed by atoms with Crippen molar-refractivity contribution in [3.05, 3.63) is 59.3 Å². The van der Waals surface area contributed by atoms with Crippen LogP contribution in [0.5, 0.6) is 0 Å². The number of furan rings is 1. The number of hydrogen-bond donors (Lipinski definition) is 1. The van der Waals surface area contributed by atoms with E-state index in [9.17, 15) is 18.0 Å². The zero-order valence-electron chi connectivity index (χ0n) is 10.4. The number of benzene rings is 1. The van der Waals surface area contributed by atoms with Crippen LogP contribution in [0.25, 0.3) is 6.08 Å². The fourth-order valence-corrected chi connectivity index (χ4v) is 1.49. The SMILES string of the molecule is Cc1ccc(/C=C/C(=O)Nc2cc(F)c(F)cc2F)o1. The number of carbonyl (C=O) groups excluding carboxylic acids is 1. The molecule has 0 unspecified atom stereocenters. The molecular formula is C14H10F3NO2. The summed E-state index contributed by atoms with van der Waals surface area (Å²) in [6.45, 7) is 1.74. The minimum atomic E-state index is -1.32. The number of anilines is 1. The van der Waals surface area contributed by atoms with E-state index in [-0.39, 0.29) is 0 Å². The third-order valence-electron chi connectivity index (χ3n) is 2.43. The van der Waals surface area contributed by atoms with E-state index in [0.717, 1.165) is 6.08 Å². The highest BCUT2D eigenvalue weighted by molar-refractivity contribution is 6.01. The van der Waals surface area contributed by atoms with Crippen molar-refractivity contribution in [2.75, 3.05) is 5.32 Å². The number of rotatable bonds is 3. The summed E-state index contributed by atoms with van der Waals surface area (Å²) in [6.07, 6.45) is 2.47. The molecule has 0 atom stereocenters. The van der Waals surface area contributed by atoms with E-state index in [1.165, 1.54) is 6.08 Å². The van der Waals surface area contributed by atoms with Crippen LogP contribution in [0.4, 0.5) is 18.9 Å². The number of aryl methyl sites for hydroxylation is 1. The number of amides is 1. The van der Waals surface area contributed by atoms with Crippen LogP contribution < -0.4 is 5.32 Å². The van der Waals surface area contributed by atoms with E-state index in [2.05, 4.69) is 5.32 Å². The highest BCUT2D eigenvalue weighted by Crippen LogP contribution is 2.18. The molecule has 104 valence electrons. The lowest BCUT2D eigenvalue weighted by Crippen LogP contribution is -2.10. The van der Waals surface area contributed by atoms with Gasteiger partial charge in [-0.25, -0.2) is 13.2 Å². The second kappa shape index (κ2) is 5.64. The van der Waals surface area contributed by atoms with Crippen LogP contribution in [0.1, 0.15) is 11.5 Å². The summed E-state index contributed by atoms with van der Waals surface area (Å²) in [4.78, 5) is 11.5. The molecule has 20 heavy (non-hydrogen) atoms. The lowest BCUT2D eigenvalue weighted by molar-refractivity contribution is -0.111. The summed E-state index contributed by atoms with van der Waals surface area (Å²) >= 11 is 0. The van der Waals surface area contributed by atoms with Gasteiger partial charge in [-0.15, -0.1) is 0 Å². The molecule has 0 aliphatic rings. The first kappa shape index (κ1) is 13.9. The van der Waals surface area contributed by atoms with Gasteiger partial charge in [0.15, 0.2) is 11.6 Å². The minimum absolute atomic E-state index is 0.366. The van der Waals surface area contributed by atoms with Gasteiger partial charge in [-0.2, -0.15) is 0 Å². The van der Waals surface area contributed by atoms with Crippen molar-refractivity contribution in [1.82, 2.24) is 0 Å². The quantitative estimate of drug-likeness (QED) is 0.689. The van der Waals surface area contributed by atoms with Crippen molar-refractivity contribution < 1.29 is 22.4 Å². The highest BCUT2D eigenvalue weighted by atomic mass is 19.2. The predicted molar refractivity (Wildman–Crippen MR) is 67.4 cm³/mol. The van der Waals surface area contributed by atoms with Crippen LogP contribution in [0.3, 0.4) is 0 Å². The summed E-state index contributed by atoms with van der Waals surface area (Å²) in [5.74, 6) is -3.18. The van der Waals surface area contributed by atoms with Crippen LogP contribution in [-0.2, 0) is 4.79 Å². The molecule has 0 fully saturated rings. The van der Waals surface area contributed by atoms with Gasteiger partial charge in [-0.1, -0.05) is 0 Å². The molecule has 3 nitrogen and oxygen atoms in total. The second-order valence-corrected chi connectivity index (χ2v) is 4.02. The minimum Gasteiger partial charge on any atom is -0.462 e. The predicted octanol–water partition coefficient (Wildman–Crippen LogP) is 3.66. The van der Waals surface area contributed by atoms with E-state index in [0.29, 0.717) is 23.7 Å². The Kier molecular flexibility index (Phi) is 3.93. The summed E-state index contributed by atoms with van der Waals surface area (Å²) in [6, 6.07) is 4.31. The van der Waals surface area contributed by atoms with E-state index >= 15 is 0 Å². The Morgan fingerprint density at radius 3 is 2.50 bits per heavy atom. The maximum Gasteiger partial charge on any atom is 0.248 e. The third-order valence-corrected chi connectivity index (χ3v) is 2.43. The van der Waals surface area contributed by atoms with Crippen LogP contribution in [0.2, 0.25) is 0 Å². The lowest BCUT2D eigenvalue weighted by Gasteiger charge is -2.04. The molecule has 1 N–H and O–H groups in total. The van der Waals surface area contributed by atoms with Crippen molar-refractivity contribution in [1.29, 1.82) is 0 Å². The van der Waals surface area contributed by atoms with Gasteiger partial charge in [-0.3, -0.25) is 4.79 Å². The molecule has 0 saturated heterocycles. The first-order chi connectivity index (χ1) is 9.45. The fraction of sp³-hybridized carbons (Fsp3) is 0.0714. The van der Waals surface area contributed by atoms with Crippen LogP contribution in [-0.4, -0.2) is 5.91 Å². The molecule has 0 aliphatic carbocycles. The first-order valence-corrected chi connectivity index (χ1v) is 5.66. The third kappa shape index (κ3) is 3.28. The largest absolute Gasteiger partial charge is 0.462 e. The Hall–Kier alpha value is -2.50. The standard InChI is InChI=1S/C14H10F3NO2/c1-8-2-3-9(20-8)4-5-14(19)18-13-7-11(16)10(15)6-12(13)17/h2-7H,1H3,(H,18,19)/b5-4+. The first-order valence-electron chi connectivity index (χ1n) is 5.66. The van der Waals surface area contributed by atoms with Crippen molar-refractivity contribution in [3.8, 4) is 0 Å². The van der Waals surface area contributed by atoms with Crippen LogP contribution in [0, 0.1) is 24.4 Å². The topological polar surface area (TPSA) is 42.2 Å². The summed E-state index contributed by atoms with van der Waals surface area (Å²) < 4.78 is 44.1. The molecule has 2 rings (SSSR count). The zero-order chi connectivity index (χ0) is 14.7. The van der Waals surface area contributed by atoms with Gasteiger partial charge in [0.2, 0.25) is 5.91 Å². The average Bonchev–Trinajstić information content (AvgIpc) is 2.79. The molecule has 0 bridgehead atoms. The van der Waals surface area contributed by atoms with Gasteiger partial charge in [0, 0.05) is 18.2 Å². The fourth-order valence-electron chi connectivity index (χ4n) is 1.49. The maximum atomic E-state index is 13.3. The van der Waals surface area contributed by atoms with Crippen LogP contribution >= 0.6 is 0 Å². The van der Waals surface area contributed by atoms with Crippen molar-refractivity contribution in [3.63, 3.8) is 0 Å². The Labute approximate surface area is 112 Å². The molecule has 0 saturated carbocycles. The Morgan fingerprint density at radius 2 is 1.85 bits per heavy atom.